The third kappa shape index (κ3) is 755. The fourth-order valence-corrected chi connectivity index (χ4v) is 0. The number of rotatable bonds is 0. The van der Waals surface area contributed by atoms with Crippen molar-refractivity contribution in [3.8, 4) is 0 Å². The topological polar surface area (TPSA) is 428 Å². The molecule has 0 atom stereocenters. The van der Waals surface area contributed by atoms with Crippen LogP contribution in [0.25, 0.3) is 0 Å². The van der Waals surface area contributed by atoms with Crippen LogP contribution in [0.15, 0.2) is 0 Å². The van der Waals surface area contributed by atoms with E-state index >= 15 is 0 Å². The SMILES string of the molecule is [In+3].[In+3].[Mo+6].[Mo+6].[O-2].[O-2].[O-2].[O-2].[O-2].[O-2].[O-2].[O-2].[O-2].[O-2].[O-2].[O-2].[O-2].[O-2].[O-2].[W+6].[W+6]. The Hall–Kier alpha value is 3.89. The summed E-state index contributed by atoms with van der Waals surface area (Å²) < 4.78 is 0. The second-order valence-electron chi connectivity index (χ2n) is 0. The van der Waals surface area contributed by atoms with Gasteiger partial charge in [0.1, 0.15) is 0 Å². The van der Waals surface area contributed by atoms with Crippen molar-refractivity contribution >= 4 is 51.7 Å². The average Bonchev–Trinajstić information content (AvgIpc) is 0. The van der Waals surface area contributed by atoms with Crippen molar-refractivity contribution in [2.45, 2.75) is 0 Å². The standard InChI is InChI=1S/2In.2Mo.15O.2W/q2*+3;2*+6;15*-2;2*+6. The molecule has 15 nitrogen and oxygen atoms in total. The third-order valence-corrected chi connectivity index (χ3v) is 0. The van der Waals surface area contributed by atoms with E-state index in [1.54, 1.807) is 0 Å². The van der Waals surface area contributed by atoms with Gasteiger partial charge in [0, 0.05) is 0 Å². The Kier molecular flexibility index (Phi) is 36900. The Morgan fingerprint density at radius 1 is 0.190 bits per heavy atom. The van der Waals surface area contributed by atoms with Crippen molar-refractivity contribution in [2.75, 3.05) is 0 Å². The Labute approximate surface area is 215 Å². The molecule has 0 saturated heterocycles. The molecule has 21 heavy (non-hydrogen) atoms. The molecule has 0 fully saturated rings. The molecule has 0 amide bonds. The van der Waals surface area contributed by atoms with E-state index in [2.05, 4.69) is 0 Å². The van der Waals surface area contributed by atoms with E-state index in [0.29, 0.717) is 0 Å². The van der Waals surface area contributed by atoms with Gasteiger partial charge < -0.3 is 82.1 Å². The van der Waals surface area contributed by atoms with E-state index in [-0.39, 0.29) is 218 Å². The maximum Gasteiger partial charge on any atom is 6.00 e. The van der Waals surface area contributed by atoms with E-state index in [1.807, 2.05) is 0 Å². The van der Waals surface area contributed by atoms with Crippen LogP contribution in [0.5, 0.6) is 0 Å². The molecule has 0 spiro atoms. The molecule has 120 valence electrons. The molecule has 0 aliphatic heterocycles. The summed E-state index contributed by atoms with van der Waals surface area (Å²) in [5.41, 5.74) is 0. The predicted molar refractivity (Wildman–Crippen MR) is 21.8 cm³/mol. The minimum atomic E-state index is 0. The fourth-order valence-electron chi connectivity index (χ4n) is 0. The molecular weight excluding hydrogens is 1030 g/mol. The molecule has 0 aromatic heterocycles. The van der Waals surface area contributed by atoms with Crippen LogP contribution in [0.3, 0.4) is 0 Å². The van der Waals surface area contributed by atoms with E-state index in [0.717, 1.165) is 0 Å². The van der Waals surface area contributed by atoms with Gasteiger partial charge in [-0.15, -0.1) is 0 Å². The van der Waals surface area contributed by atoms with Gasteiger partial charge in [-0.3, -0.25) is 0 Å². The molecule has 0 radical (unpaired) electrons. The molecular formula is In2Mo2O15W2. The largest absolute Gasteiger partial charge is 6.00 e. The maximum atomic E-state index is 0. The van der Waals surface area contributed by atoms with Crippen LogP contribution in [0, 0.1) is 0 Å². The molecule has 21 heteroatoms. The fraction of sp³-hybridized carbons (Fsp3) is 0. The summed E-state index contributed by atoms with van der Waals surface area (Å²) >= 11 is 0. The minimum Gasteiger partial charge on any atom is -2.00 e. The van der Waals surface area contributed by atoms with E-state index in [4.69, 9.17) is 0 Å². The van der Waals surface area contributed by atoms with Crippen molar-refractivity contribution in [2.24, 2.45) is 0 Å². The molecule has 0 aliphatic rings. The molecule has 0 N–H and O–H groups in total. The monoisotopic (exact) mass is 1030 g/mol. The maximum absolute atomic E-state index is 0. The van der Waals surface area contributed by atoms with Gasteiger partial charge in [-0.25, -0.2) is 0 Å². The summed E-state index contributed by atoms with van der Waals surface area (Å²) in [6.07, 6.45) is 0. The summed E-state index contributed by atoms with van der Waals surface area (Å²) in [6, 6.07) is 0. The Morgan fingerprint density at radius 2 is 0.190 bits per heavy atom. The molecule has 0 aliphatic carbocycles. The van der Waals surface area contributed by atoms with Crippen LogP contribution < -0.4 is 0 Å². The van der Waals surface area contributed by atoms with Crippen molar-refractivity contribution in [3.05, 3.63) is 0 Å². The van der Waals surface area contributed by atoms with Gasteiger partial charge in [-0.05, 0) is 0 Å². The molecule has 0 aromatic carbocycles. The van der Waals surface area contributed by atoms with E-state index < -0.39 is 0 Å². The zero-order valence-electron chi connectivity index (χ0n) is 8.91. The first-order valence-electron chi connectivity index (χ1n) is 0. The molecule has 0 rings (SSSR count). The second-order valence-corrected chi connectivity index (χ2v) is 0. The summed E-state index contributed by atoms with van der Waals surface area (Å²) in [7, 11) is 0. The van der Waals surface area contributed by atoms with Crippen LogP contribution in [-0.4, -0.2) is 51.7 Å². The second kappa shape index (κ2) is 826. The van der Waals surface area contributed by atoms with E-state index in [1.165, 1.54) is 0 Å². The van der Waals surface area contributed by atoms with Crippen LogP contribution in [0.4, 0.5) is 0 Å². The number of hydrogen-bond donors (Lipinski definition) is 0. The number of hydrogen-bond acceptors (Lipinski definition) is 0. The van der Waals surface area contributed by atoms with Gasteiger partial charge in [0.05, 0.1) is 0 Å². The average molecular weight is 1030 g/mol. The van der Waals surface area contributed by atoms with Crippen molar-refractivity contribution in [1.29, 1.82) is 0 Å². The van der Waals surface area contributed by atoms with Gasteiger partial charge in [0.15, 0.2) is 0 Å². The molecule has 0 bridgehead atoms. The summed E-state index contributed by atoms with van der Waals surface area (Å²) in [5, 5.41) is 0. The Morgan fingerprint density at radius 3 is 0.190 bits per heavy atom. The quantitative estimate of drug-likeness (QED) is 0.226. The normalized spacial score (nSPS) is 0. The first-order valence-corrected chi connectivity index (χ1v) is 0. The van der Waals surface area contributed by atoms with Crippen LogP contribution >= 0.6 is 0 Å². The van der Waals surface area contributed by atoms with Crippen LogP contribution in [0.1, 0.15) is 0 Å². The van der Waals surface area contributed by atoms with Crippen LogP contribution in [0.2, 0.25) is 0 Å². The van der Waals surface area contributed by atoms with Gasteiger partial charge in [0.25, 0.3) is 0 Å². The summed E-state index contributed by atoms with van der Waals surface area (Å²) in [5.74, 6) is 0. The smallest absolute Gasteiger partial charge is 2.00 e. The van der Waals surface area contributed by atoms with Crippen LogP contribution in [-0.2, 0) is 166 Å². The van der Waals surface area contributed by atoms with Crippen molar-refractivity contribution < 1.29 is 166 Å². The molecule has 0 aromatic rings. The van der Waals surface area contributed by atoms with Crippen molar-refractivity contribution in [1.82, 2.24) is 0 Å². The molecule has 0 saturated carbocycles. The van der Waals surface area contributed by atoms with Gasteiger partial charge in [-0.2, -0.15) is 0 Å². The molecule has 0 heterocycles. The minimum absolute atomic E-state index is 0. The zero-order valence-corrected chi connectivity index (χ0v) is 25.4. The Bertz CT molecular complexity index is 27.6. The van der Waals surface area contributed by atoms with Crippen molar-refractivity contribution in [3.63, 3.8) is 0 Å². The summed E-state index contributed by atoms with van der Waals surface area (Å²) in [6.45, 7) is 0. The summed E-state index contributed by atoms with van der Waals surface area (Å²) in [4.78, 5) is 0. The van der Waals surface area contributed by atoms with Gasteiger partial charge in [-0.1, -0.05) is 0 Å². The molecule has 0 unspecified atom stereocenters. The zero-order chi connectivity index (χ0) is 0. The third-order valence-electron chi connectivity index (χ3n) is 0. The first kappa shape index (κ1) is 937. The predicted octanol–water partition coefficient (Wildman–Crippen LogP) is -2.55. The van der Waals surface area contributed by atoms with E-state index in [9.17, 15) is 0 Å². The first-order chi connectivity index (χ1) is 0. The Balaban J connectivity index is 0. The van der Waals surface area contributed by atoms with Gasteiger partial charge in [0.2, 0.25) is 0 Å². The van der Waals surface area contributed by atoms with Gasteiger partial charge >= 0.3 is 136 Å².